The first kappa shape index (κ1) is 14.6. The average molecular weight is 280 g/mol. The summed E-state index contributed by atoms with van der Waals surface area (Å²) < 4.78 is 39.7. The second-order valence-corrected chi connectivity index (χ2v) is 4.68. The van der Waals surface area contributed by atoms with E-state index < -0.39 is 29.1 Å². The normalized spacial score (nSPS) is 12.4. The van der Waals surface area contributed by atoms with Crippen LogP contribution >= 0.6 is 0 Å². The molecule has 106 valence electrons. The Morgan fingerprint density at radius 1 is 0.950 bits per heavy atom. The topological polar surface area (TPSA) is 20.2 Å². The van der Waals surface area contributed by atoms with Gasteiger partial charge in [-0.15, -0.1) is 0 Å². The minimum atomic E-state index is -1.26. The molecular formula is C16H15F3O. The average Bonchev–Trinajstić information content (AvgIpc) is 2.38. The molecule has 0 fully saturated rings. The minimum Gasteiger partial charge on any atom is -0.388 e. The molecule has 0 aliphatic heterocycles. The summed E-state index contributed by atoms with van der Waals surface area (Å²) in [4.78, 5) is 0. The van der Waals surface area contributed by atoms with Gasteiger partial charge in [0.05, 0.1) is 11.7 Å². The highest BCUT2D eigenvalue weighted by molar-refractivity contribution is 5.23. The van der Waals surface area contributed by atoms with Gasteiger partial charge in [-0.05, 0) is 24.8 Å². The summed E-state index contributed by atoms with van der Waals surface area (Å²) in [6.45, 7) is 0. The van der Waals surface area contributed by atoms with E-state index in [0.717, 1.165) is 5.56 Å². The van der Waals surface area contributed by atoms with Gasteiger partial charge >= 0.3 is 0 Å². The molecule has 1 N–H and O–H groups in total. The molecule has 0 saturated heterocycles. The van der Waals surface area contributed by atoms with Crippen molar-refractivity contribution < 1.29 is 18.3 Å². The van der Waals surface area contributed by atoms with Crippen molar-refractivity contribution in [1.82, 2.24) is 0 Å². The first-order valence-corrected chi connectivity index (χ1v) is 6.44. The third kappa shape index (κ3) is 3.61. The molecule has 0 amide bonds. The largest absolute Gasteiger partial charge is 0.388 e. The number of hydrogen-bond acceptors (Lipinski definition) is 1. The molecule has 0 radical (unpaired) electrons. The lowest BCUT2D eigenvalue weighted by atomic mass is 10.0. The summed E-state index contributed by atoms with van der Waals surface area (Å²) in [6, 6.07) is 10.8. The Morgan fingerprint density at radius 3 is 2.15 bits per heavy atom. The molecule has 1 nitrogen and oxygen atoms in total. The molecular weight excluding hydrogens is 265 g/mol. The van der Waals surface area contributed by atoms with Crippen LogP contribution in [0.2, 0.25) is 0 Å². The van der Waals surface area contributed by atoms with Crippen molar-refractivity contribution in [2.75, 3.05) is 0 Å². The van der Waals surface area contributed by atoms with E-state index in [4.69, 9.17) is 0 Å². The number of aliphatic hydroxyl groups excluding tert-OH is 1. The maximum Gasteiger partial charge on any atom is 0.134 e. The SMILES string of the molecule is OC(CCCc1ccccc1)c1c(F)cc(F)cc1F. The van der Waals surface area contributed by atoms with Crippen molar-refractivity contribution in [1.29, 1.82) is 0 Å². The van der Waals surface area contributed by atoms with Crippen LogP contribution in [0.25, 0.3) is 0 Å². The lowest BCUT2D eigenvalue weighted by Gasteiger charge is -2.13. The van der Waals surface area contributed by atoms with Gasteiger partial charge in [-0.2, -0.15) is 0 Å². The van der Waals surface area contributed by atoms with Crippen LogP contribution in [0.5, 0.6) is 0 Å². The molecule has 2 rings (SSSR count). The molecule has 0 bridgehead atoms. The van der Waals surface area contributed by atoms with E-state index in [9.17, 15) is 18.3 Å². The molecule has 1 unspecified atom stereocenters. The van der Waals surface area contributed by atoms with Crippen molar-refractivity contribution in [3.8, 4) is 0 Å². The second kappa shape index (κ2) is 6.57. The van der Waals surface area contributed by atoms with Crippen LogP contribution in [-0.2, 0) is 6.42 Å². The molecule has 0 aliphatic rings. The molecule has 0 spiro atoms. The standard InChI is InChI=1S/C16H15F3O/c17-12-9-13(18)16(14(19)10-12)15(20)8-4-7-11-5-2-1-3-6-11/h1-3,5-6,9-10,15,20H,4,7-8H2. The van der Waals surface area contributed by atoms with Gasteiger partial charge in [0.1, 0.15) is 17.5 Å². The van der Waals surface area contributed by atoms with E-state index in [0.29, 0.717) is 25.0 Å². The van der Waals surface area contributed by atoms with Crippen molar-refractivity contribution >= 4 is 0 Å². The summed E-state index contributed by atoms with van der Waals surface area (Å²) in [5.74, 6) is -3.08. The Labute approximate surface area is 115 Å². The fourth-order valence-electron chi connectivity index (χ4n) is 2.16. The van der Waals surface area contributed by atoms with Crippen LogP contribution in [0.1, 0.15) is 30.1 Å². The van der Waals surface area contributed by atoms with Gasteiger partial charge in [0, 0.05) is 12.1 Å². The Balaban J connectivity index is 1.97. The zero-order chi connectivity index (χ0) is 14.5. The van der Waals surface area contributed by atoms with E-state index in [1.807, 2.05) is 30.3 Å². The Bertz CT molecular complexity index is 546. The molecule has 0 aromatic heterocycles. The van der Waals surface area contributed by atoms with Gasteiger partial charge in [-0.25, -0.2) is 13.2 Å². The predicted molar refractivity (Wildman–Crippen MR) is 70.7 cm³/mol. The first-order chi connectivity index (χ1) is 9.58. The van der Waals surface area contributed by atoms with Crippen LogP contribution in [0, 0.1) is 17.5 Å². The lowest BCUT2D eigenvalue weighted by Crippen LogP contribution is -2.05. The molecule has 0 heterocycles. The molecule has 4 heteroatoms. The number of aliphatic hydroxyl groups is 1. The Morgan fingerprint density at radius 2 is 1.55 bits per heavy atom. The fraction of sp³-hybridized carbons (Fsp3) is 0.250. The van der Waals surface area contributed by atoms with E-state index in [1.54, 1.807) is 0 Å². The van der Waals surface area contributed by atoms with E-state index in [-0.39, 0.29) is 6.42 Å². The summed E-state index contributed by atoms with van der Waals surface area (Å²) in [6.07, 6.45) is 0.248. The van der Waals surface area contributed by atoms with E-state index in [1.165, 1.54) is 0 Å². The smallest absolute Gasteiger partial charge is 0.134 e. The van der Waals surface area contributed by atoms with E-state index in [2.05, 4.69) is 0 Å². The van der Waals surface area contributed by atoms with Gasteiger partial charge in [0.15, 0.2) is 0 Å². The third-order valence-corrected chi connectivity index (χ3v) is 3.16. The highest BCUT2D eigenvalue weighted by Crippen LogP contribution is 2.25. The molecule has 1 atom stereocenters. The van der Waals surface area contributed by atoms with Crippen LogP contribution in [0.15, 0.2) is 42.5 Å². The van der Waals surface area contributed by atoms with Crippen molar-refractivity contribution in [3.05, 3.63) is 71.0 Å². The van der Waals surface area contributed by atoms with Gasteiger partial charge in [0.2, 0.25) is 0 Å². The maximum atomic E-state index is 13.5. The molecule has 0 saturated carbocycles. The van der Waals surface area contributed by atoms with Gasteiger partial charge in [-0.1, -0.05) is 30.3 Å². The van der Waals surface area contributed by atoms with Gasteiger partial charge in [-0.3, -0.25) is 0 Å². The van der Waals surface area contributed by atoms with Crippen LogP contribution < -0.4 is 0 Å². The predicted octanol–water partition coefficient (Wildman–Crippen LogP) is 4.16. The zero-order valence-electron chi connectivity index (χ0n) is 10.8. The summed E-state index contributed by atoms with van der Waals surface area (Å²) in [5.41, 5.74) is 0.638. The van der Waals surface area contributed by atoms with E-state index >= 15 is 0 Å². The number of hydrogen-bond donors (Lipinski definition) is 1. The number of rotatable bonds is 5. The monoisotopic (exact) mass is 280 g/mol. The van der Waals surface area contributed by atoms with Crippen LogP contribution in [0.3, 0.4) is 0 Å². The highest BCUT2D eigenvalue weighted by atomic mass is 19.1. The quantitative estimate of drug-likeness (QED) is 0.872. The molecule has 20 heavy (non-hydrogen) atoms. The third-order valence-electron chi connectivity index (χ3n) is 3.16. The van der Waals surface area contributed by atoms with Crippen molar-refractivity contribution in [2.45, 2.75) is 25.4 Å². The van der Waals surface area contributed by atoms with Gasteiger partial charge < -0.3 is 5.11 Å². The minimum absolute atomic E-state index is 0.217. The van der Waals surface area contributed by atoms with Crippen LogP contribution in [0.4, 0.5) is 13.2 Å². The van der Waals surface area contributed by atoms with Crippen molar-refractivity contribution in [2.24, 2.45) is 0 Å². The Kier molecular flexibility index (Phi) is 4.79. The highest BCUT2D eigenvalue weighted by Gasteiger charge is 2.19. The summed E-state index contributed by atoms with van der Waals surface area (Å²) in [7, 11) is 0. The zero-order valence-corrected chi connectivity index (χ0v) is 10.8. The summed E-state index contributed by atoms with van der Waals surface area (Å²) >= 11 is 0. The van der Waals surface area contributed by atoms with Crippen LogP contribution in [-0.4, -0.2) is 5.11 Å². The van der Waals surface area contributed by atoms with Gasteiger partial charge in [0.25, 0.3) is 0 Å². The molecule has 2 aromatic carbocycles. The fourth-order valence-corrected chi connectivity index (χ4v) is 2.16. The summed E-state index contributed by atoms with van der Waals surface area (Å²) in [5, 5.41) is 9.85. The maximum absolute atomic E-state index is 13.5. The molecule has 2 aromatic rings. The number of halogens is 3. The van der Waals surface area contributed by atoms with Crippen molar-refractivity contribution in [3.63, 3.8) is 0 Å². The number of aryl methyl sites for hydroxylation is 1. The number of benzene rings is 2. The second-order valence-electron chi connectivity index (χ2n) is 4.68. The first-order valence-electron chi connectivity index (χ1n) is 6.44. The molecule has 0 aliphatic carbocycles. The Hall–Kier alpha value is -1.81. The lowest BCUT2D eigenvalue weighted by molar-refractivity contribution is 0.155.